The zero-order valence-corrected chi connectivity index (χ0v) is 18.0. The number of pyridine rings is 2. The van der Waals surface area contributed by atoms with Crippen LogP contribution in [0.1, 0.15) is 17.3 Å². The van der Waals surface area contributed by atoms with Gasteiger partial charge in [-0.25, -0.2) is 13.4 Å². The first-order valence-electron chi connectivity index (χ1n) is 9.63. The molecule has 3 aromatic rings. The molecule has 0 bridgehead atoms. The number of sulfonamides is 1. The van der Waals surface area contributed by atoms with Gasteiger partial charge in [0.1, 0.15) is 5.82 Å². The van der Waals surface area contributed by atoms with E-state index in [0.29, 0.717) is 11.4 Å². The summed E-state index contributed by atoms with van der Waals surface area (Å²) in [6.07, 6.45) is 4.33. The largest absolute Gasteiger partial charge is 0.282 e. The van der Waals surface area contributed by atoms with Gasteiger partial charge in [0.25, 0.3) is 21.8 Å². The lowest BCUT2D eigenvalue weighted by Gasteiger charge is -2.10. The van der Waals surface area contributed by atoms with Gasteiger partial charge in [-0.05, 0) is 55.5 Å². The Morgan fingerprint density at radius 3 is 2.52 bits per heavy atom. The van der Waals surface area contributed by atoms with Crippen molar-refractivity contribution in [3.63, 3.8) is 0 Å². The number of azo groups is 1. The van der Waals surface area contributed by atoms with Crippen molar-refractivity contribution in [2.24, 2.45) is 15.3 Å². The summed E-state index contributed by atoms with van der Waals surface area (Å²) in [5, 5.41) is 12.8. The van der Waals surface area contributed by atoms with E-state index < -0.39 is 27.9 Å². The third kappa shape index (κ3) is 4.80. The number of anilines is 1. The molecule has 1 aliphatic rings. The first-order valence-corrected chi connectivity index (χ1v) is 11.1. The Hall–Kier alpha value is -4.32. The second kappa shape index (κ2) is 9.04. The van der Waals surface area contributed by atoms with Crippen LogP contribution in [0.3, 0.4) is 0 Å². The first kappa shape index (κ1) is 21.9. The van der Waals surface area contributed by atoms with Crippen LogP contribution >= 0.6 is 0 Å². The van der Waals surface area contributed by atoms with Crippen molar-refractivity contribution < 1.29 is 18.0 Å². The van der Waals surface area contributed by atoms with Crippen LogP contribution in [0.2, 0.25) is 0 Å². The van der Waals surface area contributed by atoms with Crippen molar-refractivity contribution in [1.29, 1.82) is 0 Å². The summed E-state index contributed by atoms with van der Waals surface area (Å²) in [7, 11) is -3.83. The summed E-state index contributed by atoms with van der Waals surface area (Å²) in [6, 6.07) is 12.5. The van der Waals surface area contributed by atoms with E-state index in [1.165, 1.54) is 55.0 Å². The third-order valence-electron chi connectivity index (χ3n) is 4.54. The Bertz CT molecular complexity index is 1340. The van der Waals surface area contributed by atoms with E-state index in [0.717, 1.165) is 5.01 Å². The van der Waals surface area contributed by atoms with Gasteiger partial charge in [-0.1, -0.05) is 6.07 Å². The number of nitrogens with zero attached hydrogens (tertiary/aromatic N) is 6. The molecule has 0 fully saturated rings. The van der Waals surface area contributed by atoms with Crippen LogP contribution in [0.25, 0.3) is 0 Å². The zero-order valence-electron chi connectivity index (χ0n) is 17.2. The zero-order chi connectivity index (χ0) is 23.4. The lowest BCUT2D eigenvalue weighted by Crippen LogP contribution is -2.34. The maximum atomic E-state index is 12.6. The number of amides is 2. The summed E-state index contributed by atoms with van der Waals surface area (Å²) in [5.74, 6) is -1.05. The first-order chi connectivity index (χ1) is 15.8. The highest BCUT2D eigenvalue weighted by atomic mass is 32.2. The van der Waals surface area contributed by atoms with E-state index >= 15 is 0 Å². The Kier molecular flexibility index (Phi) is 6.00. The van der Waals surface area contributed by atoms with Gasteiger partial charge < -0.3 is 0 Å². The molecule has 33 heavy (non-hydrogen) atoms. The van der Waals surface area contributed by atoms with Crippen LogP contribution in [0.4, 0.5) is 11.5 Å². The monoisotopic (exact) mass is 463 g/mol. The van der Waals surface area contributed by atoms with Gasteiger partial charge in [-0.15, -0.1) is 0 Å². The lowest BCUT2D eigenvalue weighted by molar-refractivity contribution is -0.127. The van der Waals surface area contributed by atoms with Crippen molar-refractivity contribution >= 4 is 39.1 Å². The SMILES string of the molecule is CC1=NN(C(=O)c2cccnc2)C(=O)[C@H]1N=Nc1ccc(S(=O)(=O)Nc2ccccn2)cc1. The maximum Gasteiger partial charge on any atom is 0.282 e. The van der Waals surface area contributed by atoms with Crippen LogP contribution in [0.5, 0.6) is 0 Å². The van der Waals surface area contributed by atoms with Crippen LogP contribution in [-0.2, 0) is 14.8 Å². The molecular formula is C21H17N7O4S. The molecule has 1 aromatic carbocycles. The molecule has 3 heterocycles. The molecule has 12 heteroatoms. The van der Waals surface area contributed by atoms with Crippen molar-refractivity contribution in [1.82, 2.24) is 15.0 Å². The van der Waals surface area contributed by atoms with E-state index in [1.807, 2.05) is 0 Å². The van der Waals surface area contributed by atoms with Crippen molar-refractivity contribution in [2.75, 3.05) is 4.72 Å². The van der Waals surface area contributed by atoms with Crippen molar-refractivity contribution in [3.8, 4) is 0 Å². The smallest absolute Gasteiger partial charge is 0.269 e. The molecule has 1 atom stereocenters. The molecule has 1 N–H and O–H groups in total. The summed E-state index contributed by atoms with van der Waals surface area (Å²) < 4.78 is 27.3. The minimum atomic E-state index is -3.83. The third-order valence-corrected chi connectivity index (χ3v) is 5.91. The van der Waals surface area contributed by atoms with Crippen LogP contribution in [0.15, 0.2) is 93.4 Å². The van der Waals surface area contributed by atoms with Crippen LogP contribution in [-0.4, -0.2) is 47.0 Å². The molecule has 2 amide bonds. The summed E-state index contributed by atoms with van der Waals surface area (Å²) in [4.78, 5) is 32.9. The highest BCUT2D eigenvalue weighted by molar-refractivity contribution is 7.92. The number of rotatable bonds is 6. The van der Waals surface area contributed by atoms with Crippen molar-refractivity contribution in [3.05, 3.63) is 78.8 Å². The highest BCUT2D eigenvalue weighted by Gasteiger charge is 2.38. The Balaban J connectivity index is 1.45. The molecule has 166 valence electrons. The minimum Gasteiger partial charge on any atom is -0.269 e. The Morgan fingerprint density at radius 2 is 1.85 bits per heavy atom. The number of hydrazone groups is 1. The average Bonchev–Trinajstić information content (AvgIpc) is 3.11. The fraction of sp³-hybridized carbons (Fsp3) is 0.0952. The lowest BCUT2D eigenvalue weighted by atomic mass is 10.2. The normalized spacial score (nSPS) is 16.2. The van der Waals surface area contributed by atoms with E-state index in [4.69, 9.17) is 0 Å². The predicted molar refractivity (Wildman–Crippen MR) is 118 cm³/mol. The molecule has 1 aliphatic heterocycles. The fourth-order valence-corrected chi connectivity index (χ4v) is 3.89. The summed E-state index contributed by atoms with van der Waals surface area (Å²) in [5.41, 5.74) is 0.847. The Labute approximate surface area is 189 Å². The fourth-order valence-electron chi connectivity index (χ4n) is 2.88. The van der Waals surface area contributed by atoms with Gasteiger partial charge >= 0.3 is 0 Å². The molecule has 4 rings (SSSR count). The quantitative estimate of drug-likeness (QED) is 0.439. The summed E-state index contributed by atoms with van der Waals surface area (Å²) in [6.45, 7) is 1.57. The van der Waals surface area contributed by atoms with Gasteiger partial charge in [-0.2, -0.15) is 20.3 Å². The molecular weight excluding hydrogens is 446 g/mol. The molecule has 11 nitrogen and oxygen atoms in total. The number of hydrogen-bond acceptors (Lipinski definition) is 9. The molecule has 0 radical (unpaired) electrons. The molecule has 0 saturated heterocycles. The van der Waals surface area contributed by atoms with E-state index in [-0.39, 0.29) is 16.3 Å². The number of hydrogen-bond donors (Lipinski definition) is 1. The van der Waals surface area contributed by atoms with Gasteiger partial charge in [-0.3, -0.25) is 19.3 Å². The average molecular weight is 463 g/mol. The predicted octanol–water partition coefficient (Wildman–Crippen LogP) is 2.79. The maximum absolute atomic E-state index is 12.6. The standard InChI is InChI=1S/C21H17N7O4S/c1-14-19(21(30)28(26-14)20(29)15-5-4-11-22-13-15)25-24-16-7-9-17(10-8-16)33(31,32)27-18-6-2-3-12-23-18/h2-13,19H,1H3,(H,23,27)/t19-/m0/s1. The van der Waals surface area contributed by atoms with E-state index in [9.17, 15) is 18.0 Å². The van der Waals surface area contributed by atoms with Crippen molar-refractivity contribution in [2.45, 2.75) is 17.9 Å². The van der Waals surface area contributed by atoms with Gasteiger partial charge in [0.2, 0.25) is 0 Å². The Morgan fingerprint density at radius 1 is 1.06 bits per heavy atom. The van der Waals surface area contributed by atoms with Gasteiger partial charge in [0.15, 0.2) is 6.04 Å². The van der Waals surface area contributed by atoms with E-state index in [2.05, 4.69) is 30.0 Å². The molecule has 0 saturated carbocycles. The number of imide groups is 1. The number of aromatic nitrogens is 2. The second-order valence-corrected chi connectivity index (χ2v) is 8.55. The van der Waals surface area contributed by atoms with Crippen LogP contribution < -0.4 is 4.72 Å². The number of carbonyl (C=O) groups excluding carboxylic acids is 2. The van der Waals surface area contributed by atoms with Crippen LogP contribution in [0, 0.1) is 0 Å². The van der Waals surface area contributed by atoms with E-state index in [1.54, 1.807) is 25.1 Å². The number of benzene rings is 1. The second-order valence-electron chi connectivity index (χ2n) is 6.87. The number of nitrogens with one attached hydrogen (secondary N) is 1. The molecule has 0 aliphatic carbocycles. The summed E-state index contributed by atoms with van der Waals surface area (Å²) >= 11 is 0. The topological polar surface area (TPSA) is 146 Å². The number of carbonyl (C=O) groups is 2. The van der Waals surface area contributed by atoms with Gasteiger partial charge in [0, 0.05) is 18.6 Å². The highest BCUT2D eigenvalue weighted by Crippen LogP contribution is 2.21. The molecule has 2 aromatic heterocycles. The molecule has 0 spiro atoms. The minimum absolute atomic E-state index is 0.00929. The molecule has 0 unspecified atom stereocenters. The van der Waals surface area contributed by atoms with Gasteiger partial charge in [0.05, 0.1) is 21.9 Å².